The summed E-state index contributed by atoms with van der Waals surface area (Å²) in [6.45, 7) is 4.34. The number of benzene rings is 2. The van der Waals surface area contributed by atoms with Crippen LogP contribution in [-0.4, -0.2) is 21.7 Å². The number of hydrogen-bond donors (Lipinski definition) is 1. The summed E-state index contributed by atoms with van der Waals surface area (Å²) in [5.74, 6) is -0.635. The molecule has 0 aliphatic carbocycles. The van der Waals surface area contributed by atoms with Crippen LogP contribution in [0.2, 0.25) is 0 Å². The van der Waals surface area contributed by atoms with Gasteiger partial charge in [-0.25, -0.2) is 0 Å². The fraction of sp³-hybridized carbons (Fsp3) is 0.200. The molecule has 1 aromatic heterocycles. The zero-order valence-electron chi connectivity index (χ0n) is 17.2. The number of aliphatic hydroxyl groups excluding tert-OH is 1. The number of Topliss-reactive ketones (excluding diaryl/α,β-unsaturated/α-hetero) is 1. The van der Waals surface area contributed by atoms with Crippen LogP contribution in [0, 0.1) is 0 Å². The van der Waals surface area contributed by atoms with Crippen LogP contribution in [-0.2, 0) is 16.1 Å². The maximum Gasteiger partial charge on any atom is 0.296 e. The molecule has 1 fully saturated rings. The Kier molecular flexibility index (Phi) is 5.83. The van der Waals surface area contributed by atoms with Gasteiger partial charge in [-0.2, -0.15) is 0 Å². The maximum atomic E-state index is 13.0. The lowest BCUT2D eigenvalue weighted by Gasteiger charge is -2.25. The van der Waals surface area contributed by atoms with Crippen LogP contribution in [0.3, 0.4) is 0 Å². The third-order valence-electron chi connectivity index (χ3n) is 5.48. The third-order valence-corrected chi connectivity index (χ3v) is 6.01. The number of carbonyl (C=O) groups is 2. The van der Waals surface area contributed by atoms with Crippen molar-refractivity contribution in [2.75, 3.05) is 0 Å². The second-order valence-electron chi connectivity index (χ2n) is 7.83. The average Bonchev–Trinajstić information content (AvgIpc) is 3.36. The average molecular weight is 480 g/mol. The summed E-state index contributed by atoms with van der Waals surface area (Å²) >= 11 is 3.37. The highest BCUT2D eigenvalue weighted by atomic mass is 79.9. The van der Waals surface area contributed by atoms with Crippen molar-refractivity contribution >= 4 is 33.4 Å². The molecule has 1 aliphatic heterocycles. The maximum absolute atomic E-state index is 13.0. The van der Waals surface area contributed by atoms with Gasteiger partial charge < -0.3 is 14.4 Å². The van der Waals surface area contributed by atoms with Gasteiger partial charge in [0.2, 0.25) is 0 Å². The molecular weight excluding hydrogens is 458 g/mol. The number of amides is 1. The van der Waals surface area contributed by atoms with Gasteiger partial charge in [0, 0.05) is 10.0 Å². The highest BCUT2D eigenvalue weighted by molar-refractivity contribution is 9.10. The molecule has 4 rings (SSSR count). The fourth-order valence-corrected chi connectivity index (χ4v) is 4.05. The topological polar surface area (TPSA) is 70.8 Å². The van der Waals surface area contributed by atoms with Gasteiger partial charge in [-0.1, -0.05) is 66.2 Å². The summed E-state index contributed by atoms with van der Waals surface area (Å²) in [6.07, 6.45) is 1.53. The van der Waals surface area contributed by atoms with Crippen LogP contribution in [0.5, 0.6) is 0 Å². The number of hydrogen-bond acceptors (Lipinski definition) is 4. The summed E-state index contributed by atoms with van der Waals surface area (Å²) < 4.78 is 6.27. The molecule has 2 heterocycles. The van der Waals surface area contributed by atoms with E-state index in [2.05, 4.69) is 29.8 Å². The lowest BCUT2D eigenvalue weighted by atomic mass is 9.93. The van der Waals surface area contributed by atoms with Gasteiger partial charge in [0.05, 0.1) is 24.4 Å². The minimum Gasteiger partial charge on any atom is -0.507 e. The normalized spacial score (nSPS) is 18.2. The fourth-order valence-electron chi connectivity index (χ4n) is 3.79. The van der Waals surface area contributed by atoms with E-state index in [9.17, 15) is 14.7 Å². The lowest BCUT2D eigenvalue weighted by molar-refractivity contribution is -0.140. The van der Waals surface area contributed by atoms with Crippen LogP contribution in [0.4, 0.5) is 0 Å². The first-order chi connectivity index (χ1) is 14.9. The minimum atomic E-state index is -0.713. The van der Waals surface area contributed by atoms with Crippen molar-refractivity contribution in [3.63, 3.8) is 0 Å². The Balaban J connectivity index is 1.84. The highest BCUT2D eigenvalue weighted by Gasteiger charge is 2.46. The molecule has 1 unspecified atom stereocenters. The molecule has 158 valence electrons. The van der Waals surface area contributed by atoms with Crippen LogP contribution in [0.15, 0.2) is 81.4 Å². The Bertz CT molecular complexity index is 1130. The van der Waals surface area contributed by atoms with Crippen molar-refractivity contribution in [1.82, 2.24) is 4.90 Å². The second kappa shape index (κ2) is 8.55. The highest BCUT2D eigenvalue weighted by Crippen LogP contribution is 2.40. The molecule has 1 amide bonds. The van der Waals surface area contributed by atoms with Gasteiger partial charge in [-0.3, -0.25) is 9.59 Å². The molecule has 2 aromatic carbocycles. The van der Waals surface area contributed by atoms with Crippen molar-refractivity contribution in [3.05, 3.63) is 99.4 Å². The molecule has 0 radical (unpaired) electrons. The largest absolute Gasteiger partial charge is 0.507 e. The van der Waals surface area contributed by atoms with Crippen molar-refractivity contribution in [3.8, 4) is 0 Å². The molecule has 1 atom stereocenters. The van der Waals surface area contributed by atoms with Gasteiger partial charge in [0.15, 0.2) is 0 Å². The van der Waals surface area contributed by atoms with E-state index in [4.69, 9.17) is 4.42 Å². The summed E-state index contributed by atoms with van der Waals surface area (Å²) in [5, 5.41) is 11.1. The molecule has 1 N–H and O–H groups in total. The number of nitrogens with zero attached hydrogens (tertiary/aromatic N) is 1. The first-order valence-corrected chi connectivity index (χ1v) is 10.8. The first-order valence-electron chi connectivity index (χ1n) is 10.0. The summed E-state index contributed by atoms with van der Waals surface area (Å²) in [5.41, 5.74) is 2.47. The first kappa shape index (κ1) is 21.1. The summed E-state index contributed by atoms with van der Waals surface area (Å²) in [6, 6.07) is 17.6. The monoisotopic (exact) mass is 479 g/mol. The molecule has 0 spiro atoms. The number of halogens is 1. The second-order valence-corrected chi connectivity index (χ2v) is 8.75. The van der Waals surface area contributed by atoms with Crippen molar-refractivity contribution in [2.45, 2.75) is 32.4 Å². The zero-order valence-corrected chi connectivity index (χ0v) is 18.8. The number of carbonyl (C=O) groups excluding carboxylic acids is 2. The smallest absolute Gasteiger partial charge is 0.296 e. The van der Waals surface area contributed by atoms with Gasteiger partial charge >= 0.3 is 0 Å². The van der Waals surface area contributed by atoms with Gasteiger partial charge in [-0.15, -0.1) is 0 Å². The van der Waals surface area contributed by atoms with Crippen molar-refractivity contribution in [1.29, 1.82) is 0 Å². The van der Waals surface area contributed by atoms with E-state index in [0.717, 1.165) is 15.6 Å². The molecule has 0 bridgehead atoms. The van der Waals surface area contributed by atoms with Gasteiger partial charge in [-0.05, 0) is 41.3 Å². The SMILES string of the molecule is CC(C)c1ccc(C2/C(=C(\O)c3ccc(Br)cc3)C(=O)C(=O)N2Cc2ccco2)cc1. The minimum absolute atomic E-state index is 0.0798. The number of furan rings is 1. The Morgan fingerprint density at radius 3 is 2.32 bits per heavy atom. The van der Waals surface area contributed by atoms with E-state index in [1.807, 2.05) is 24.3 Å². The van der Waals surface area contributed by atoms with E-state index in [1.54, 1.807) is 36.4 Å². The van der Waals surface area contributed by atoms with E-state index in [1.165, 1.54) is 11.2 Å². The Morgan fingerprint density at radius 2 is 1.74 bits per heavy atom. The molecule has 5 nitrogen and oxygen atoms in total. The van der Waals surface area contributed by atoms with E-state index in [0.29, 0.717) is 17.2 Å². The Morgan fingerprint density at radius 1 is 1.06 bits per heavy atom. The number of aliphatic hydroxyl groups is 1. The molecule has 1 aliphatic rings. The lowest BCUT2D eigenvalue weighted by Crippen LogP contribution is -2.29. The number of likely N-dealkylation sites (tertiary alicyclic amines) is 1. The summed E-state index contributed by atoms with van der Waals surface area (Å²) in [4.78, 5) is 27.5. The summed E-state index contributed by atoms with van der Waals surface area (Å²) in [7, 11) is 0. The molecule has 31 heavy (non-hydrogen) atoms. The van der Waals surface area contributed by atoms with Gasteiger partial charge in [0.1, 0.15) is 11.5 Å². The molecule has 1 saturated heterocycles. The van der Waals surface area contributed by atoms with Crippen LogP contribution >= 0.6 is 15.9 Å². The Hall–Kier alpha value is -3.12. The number of ketones is 1. The van der Waals surface area contributed by atoms with Crippen molar-refractivity contribution < 1.29 is 19.1 Å². The number of rotatable bonds is 5. The molecular formula is C25H22BrNO4. The zero-order chi connectivity index (χ0) is 22.1. The van der Waals surface area contributed by atoms with E-state index in [-0.39, 0.29) is 17.9 Å². The van der Waals surface area contributed by atoms with Crippen LogP contribution in [0.25, 0.3) is 5.76 Å². The van der Waals surface area contributed by atoms with Gasteiger partial charge in [0.25, 0.3) is 11.7 Å². The van der Waals surface area contributed by atoms with E-state index < -0.39 is 17.7 Å². The Labute approximate surface area is 189 Å². The predicted molar refractivity (Wildman–Crippen MR) is 121 cm³/mol. The standard InChI is InChI=1S/C25H22BrNO4/c1-15(2)16-5-7-17(8-6-16)22-21(23(28)18-9-11-19(26)12-10-18)24(29)25(30)27(22)14-20-4-3-13-31-20/h3-13,15,22,28H,14H2,1-2H3/b23-21+. The van der Waals surface area contributed by atoms with E-state index >= 15 is 0 Å². The molecule has 0 saturated carbocycles. The van der Waals surface area contributed by atoms with Crippen LogP contribution < -0.4 is 0 Å². The predicted octanol–water partition coefficient (Wildman–Crippen LogP) is 5.79. The molecule has 6 heteroatoms. The van der Waals surface area contributed by atoms with Crippen LogP contribution in [0.1, 0.15) is 48.3 Å². The quantitative estimate of drug-likeness (QED) is 0.285. The van der Waals surface area contributed by atoms with Crippen molar-refractivity contribution in [2.24, 2.45) is 0 Å². The third kappa shape index (κ3) is 4.08. The molecule has 3 aromatic rings.